The second-order valence-corrected chi connectivity index (χ2v) is 10.2. The summed E-state index contributed by atoms with van der Waals surface area (Å²) < 4.78 is 33.7. The molecule has 0 amide bonds. The Kier molecular flexibility index (Phi) is 6.13. The van der Waals surface area contributed by atoms with Gasteiger partial charge in [0, 0.05) is 0 Å². The van der Waals surface area contributed by atoms with E-state index in [0.717, 1.165) is 19.3 Å². The van der Waals surface area contributed by atoms with Crippen LogP contribution in [0.2, 0.25) is 19.6 Å². The molecule has 0 aliphatic rings. The van der Waals surface area contributed by atoms with Crippen molar-refractivity contribution in [2.45, 2.75) is 45.8 Å². The average molecular weight is 242 g/mol. The SMILES string of the molecule is CCCCCOP(=O)(F)O[Si](C)(C)C. The fraction of sp³-hybridized carbons (Fsp3) is 1.00. The van der Waals surface area contributed by atoms with Crippen molar-refractivity contribution in [3.63, 3.8) is 0 Å². The fourth-order valence-electron chi connectivity index (χ4n) is 0.879. The monoisotopic (exact) mass is 242 g/mol. The van der Waals surface area contributed by atoms with Gasteiger partial charge in [0.1, 0.15) is 0 Å². The van der Waals surface area contributed by atoms with E-state index in [1.54, 1.807) is 19.6 Å². The van der Waals surface area contributed by atoms with Gasteiger partial charge in [0.05, 0.1) is 6.61 Å². The van der Waals surface area contributed by atoms with Gasteiger partial charge in [-0.1, -0.05) is 19.8 Å². The molecule has 0 aliphatic carbocycles. The van der Waals surface area contributed by atoms with E-state index in [0.29, 0.717) is 0 Å². The van der Waals surface area contributed by atoms with E-state index in [-0.39, 0.29) is 6.61 Å². The minimum atomic E-state index is -4.29. The first-order chi connectivity index (χ1) is 6.27. The lowest BCUT2D eigenvalue weighted by Crippen LogP contribution is -2.23. The van der Waals surface area contributed by atoms with Gasteiger partial charge in [-0.3, -0.25) is 4.52 Å². The molecule has 6 heteroatoms. The number of halogens is 1. The first-order valence-corrected chi connectivity index (χ1v) is 9.76. The van der Waals surface area contributed by atoms with Gasteiger partial charge in [0.25, 0.3) is 0 Å². The van der Waals surface area contributed by atoms with Crippen molar-refractivity contribution in [1.82, 2.24) is 0 Å². The fourth-order valence-corrected chi connectivity index (χ4v) is 4.05. The van der Waals surface area contributed by atoms with Crippen LogP contribution in [0.3, 0.4) is 0 Å². The van der Waals surface area contributed by atoms with Gasteiger partial charge in [0.15, 0.2) is 8.32 Å². The average Bonchev–Trinajstić information content (AvgIpc) is 1.93. The summed E-state index contributed by atoms with van der Waals surface area (Å²) in [7, 11) is -6.42. The molecule has 0 spiro atoms. The van der Waals surface area contributed by atoms with Crippen LogP contribution in [-0.2, 0) is 13.3 Å². The van der Waals surface area contributed by atoms with Gasteiger partial charge in [-0.05, 0) is 26.1 Å². The van der Waals surface area contributed by atoms with Crippen LogP contribution in [0.25, 0.3) is 0 Å². The molecular formula is C8H20FO3PSi. The highest BCUT2D eigenvalue weighted by molar-refractivity contribution is 7.49. The highest BCUT2D eigenvalue weighted by atomic mass is 31.2. The molecule has 0 saturated carbocycles. The molecule has 0 N–H and O–H groups in total. The van der Waals surface area contributed by atoms with Gasteiger partial charge in [-0.25, -0.2) is 4.57 Å². The number of rotatable bonds is 7. The van der Waals surface area contributed by atoms with Crippen molar-refractivity contribution in [2.24, 2.45) is 0 Å². The second-order valence-electron chi connectivity index (χ2n) is 4.17. The predicted octanol–water partition coefficient (Wildman–Crippen LogP) is 4.12. The first-order valence-electron chi connectivity index (χ1n) is 4.92. The molecule has 1 atom stereocenters. The van der Waals surface area contributed by atoms with Crippen molar-refractivity contribution < 1.29 is 17.5 Å². The predicted molar refractivity (Wildman–Crippen MR) is 58.6 cm³/mol. The van der Waals surface area contributed by atoms with Gasteiger partial charge < -0.3 is 4.21 Å². The Balaban J connectivity index is 3.79. The van der Waals surface area contributed by atoms with Crippen LogP contribution in [0.15, 0.2) is 0 Å². The molecule has 14 heavy (non-hydrogen) atoms. The summed E-state index contributed by atoms with van der Waals surface area (Å²) in [6.45, 7) is 7.53. The maximum absolute atomic E-state index is 13.2. The third-order valence-electron chi connectivity index (χ3n) is 1.38. The van der Waals surface area contributed by atoms with E-state index in [4.69, 9.17) is 4.21 Å². The Labute approximate surface area is 86.8 Å². The van der Waals surface area contributed by atoms with Crippen LogP contribution in [0, 0.1) is 0 Å². The largest absolute Gasteiger partial charge is 0.503 e. The molecule has 0 saturated heterocycles. The maximum Gasteiger partial charge on any atom is 0.503 e. The van der Waals surface area contributed by atoms with Crippen LogP contribution < -0.4 is 0 Å². The minimum Gasteiger partial charge on any atom is -0.327 e. The standard InChI is InChI=1S/C8H20FO3PSi/c1-5-6-7-8-11-13(9,10)12-14(2,3)4/h5-8H2,1-4H3. The van der Waals surface area contributed by atoms with E-state index < -0.39 is 16.2 Å². The van der Waals surface area contributed by atoms with Gasteiger partial charge in [-0.2, -0.15) is 0 Å². The van der Waals surface area contributed by atoms with Crippen molar-refractivity contribution >= 4 is 16.2 Å². The lowest BCUT2D eigenvalue weighted by Gasteiger charge is -2.19. The molecule has 0 aromatic rings. The summed E-state index contributed by atoms with van der Waals surface area (Å²) >= 11 is 0. The highest BCUT2D eigenvalue weighted by Crippen LogP contribution is 2.52. The molecule has 0 rings (SSSR count). The molecule has 0 aromatic heterocycles. The van der Waals surface area contributed by atoms with Gasteiger partial charge >= 0.3 is 7.91 Å². The molecule has 0 aliphatic heterocycles. The zero-order valence-corrected chi connectivity index (χ0v) is 11.3. The molecule has 0 bridgehead atoms. The maximum atomic E-state index is 13.2. The van der Waals surface area contributed by atoms with Crippen molar-refractivity contribution in [3.8, 4) is 0 Å². The summed E-state index contributed by atoms with van der Waals surface area (Å²) in [6.07, 6.45) is 2.70. The zero-order chi connectivity index (χ0) is 11.2. The van der Waals surface area contributed by atoms with Gasteiger partial charge in [-0.15, -0.1) is 4.20 Å². The lowest BCUT2D eigenvalue weighted by atomic mass is 10.3. The summed E-state index contributed by atoms with van der Waals surface area (Å²) in [5.41, 5.74) is 0. The summed E-state index contributed by atoms with van der Waals surface area (Å²) in [4.78, 5) is 0. The smallest absolute Gasteiger partial charge is 0.327 e. The Morgan fingerprint density at radius 1 is 1.29 bits per heavy atom. The molecular weight excluding hydrogens is 222 g/mol. The lowest BCUT2D eigenvalue weighted by molar-refractivity contribution is 0.226. The molecule has 3 nitrogen and oxygen atoms in total. The van der Waals surface area contributed by atoms with Crippen LogP contribution in [0.5, 0.6) is 0 Å². The van der Waals surface area contributed by atoms with Gasteiger partial charge in [0.2, 0.25) is 0 Å². The molecule has 0 aromatic carbocycles. The molecule has 1 unspecified atom stereocenters. The Hall–Kier alpha value is 0.297. The van der Waals surface area contributed by atoms with E-state index in [9.17, 15) is 8.76 Å². The molecule has 0 fully saturated rings. The summed E-state index contributed by atoms with van der Waals surface area (Å²) in [5.74, 6) is 0. The van der Waals surface area contributed by atoms with Crippen LogP contribution >= 0.6 is 7.91 Å². The molecule has 0 radical (unpaired) electrons. The number of unbranched alkanes of at least 4 members (excludes halogenated alkanes) is 2. The second kappa shape index (κ2) is 6.01. The van der Waals surface area contributed by atoms with E-state index in [1.165, 1.54) is 0 Å². The zero-order valence-electron chi connectivity index (χ0n) is 9.38. The first kappa shape index (κ1) is 14.3. The van der Waals surface area contributed by atoms with Crippen LogP contribution in [0.4, 0.5) is 4.20 Å². The third-order valence-corrected chi connectivity index (χ3v) is 4.93. The highest BCUT2D eigenvalue weighted by Gasteiger charge is 2.31. The third kappa shape index (κ3) is 8.88. The molecule has 0 heterocycles. The van der Waals surface area contributed by atoms with Crippen molar-refractivity contribution in [3.05, 3.63) is 0 Å². The van der Waals surface area contributed by atoms with Crippen LogP contribution in [-0.4, -0.2) is 14.9 Å². The van der Waals surface area contributed by atoms with Crippen molar-refractivity contribution in [1.29, 1.82) is 0 Å². The Morgan fingerprint density at radius 3 is 2.29 bits per heavy atom. The topological polar surface area (TPSA) is 35.5 Å². The Morgan fingerprint density at radius 2 is 1.86 bits per heavy atom. The number of hydrogen-bond donors (Lipinski definition) is 0. The summed E-state index contributed by atoms with van der Waals surface area (Å²) in [5, 5.41) is 0. The normalized spacial score (nSPS) is 16.6. The van der Waals surface area contributed by atoms with E-state index >= 15 is 0 Å². The summed E-state index contributed by atoms with van der Waals surface area (Å²) in [6, 6.07) is 0. The van der Waals surface area contributed by atoms with E-state index in [1.807, 2.05) is 6.92 Å². The molecule has 86 valence electrons. The number of hydrogen-bond acceptors (Lipinski definition) is 3. The minimum absolute atomic E-state index is 0.173. The van der Waals surface area contributed by atoms with Crippen molar-refractivity contribution in [2.75, 3.05) is 6.61 Å². The quantitative estimate of drug-likeness (QED) is 0.382. The van der Waals surface area contributed by atoms with Crippen LogP contribution in [0.1, 0.15) is 26.2 Å². The Bertz CT molecular complexity index is 205. The van der Waals surface area contributed by atoms with E-state index in [2.05, 4.69) is 4.52 Å².